The largest absolute Gasteiger partial charge is 0.326 e. The van der Waals surface area contributed by atoms with Crippen LogP contribution in [0, 0.1) is 12.8 Å². The highest BCUT2D eigenvalue weighted by Gasteiger charge is 2.21. The van der Waals surface area contributed by atoms with Gasteiger partial charge in [0.15, 0.2) is 0 Å². The Morgan fingerprint density at radius 1 is 0.893 bits per heavy atom. The number of anilines is 2. The zero-order chi connectivity index (χ0) is 19.9. The summed E-state index contributed by atoms with van der Waals surface area (Å²) in [5.74, 6) is 0.253. The van der Waals surface area contributed by atoms with Crippen LogP contribution in [0.15, 0.2) is 53.4 Å². The molecule has 1 atom stereocenters. The van der Waals surface area contributed by atoms with E-state index in [9.17, 15) is 9.59 Å². The number of nitrogens with one attached hydrogen (secondary N) is 2. The molecule has 0 spiro atoms. The summed E-state index contributed by atoms with van der Waals surface area (Å²) < 4.78 is 0. The normalized spacial score (nSPS) is 15.6. The van der Waals surface area contributed by atoms with Gasteiger partial charge in [-0.3, -0.25) is 9.59 Å². The summed E-state index contributed by atoms with van der Waals surface area (Å²) in [7, 11) is 0. The summed E-state index contributed by atoms with van der Waals surface area (Å²) >= 11 is 1.50. The standard InChI is InChI=1S/C23H28N2O2S/c1-16-8-10-19(11-9-16)24-22(26)17(2)28-21-14-12-20(13-15-21)25-23(27)18-6-4-3-5-7-18/h8-15,17-18H,3-7H2,1-2H3,(H,24,26)(H,25,27). The van der Waals surface area contributed by atoms with Crippen LogP contribution in [0.5, 0.6) is 0 Å². The van der Waals surface area contributed by atoms with Crippen LogP contribution in [0.2, 0.25) is 0 Å². The van der Waals surface area contributed by atoms with Crippen molar-refractivity contribution in [3.05, 3.63) is 54.1 Å². The molecule has 0 radical (unpaired) electrons. The molecule has 0 aliphatic heterocycles. The highest BCUT2D eigenvalue weighted by atomic mass is 32.2. The number of hydrogen-bond acceptors (Lipinski definition) is 3. The Morgan fingerprint density at radius 3 is 2.11 bits per heavy atom. The van der Waals surface area contributed by atoms with Crippen LogP contribution < -0.4 is 10.6 Å². The van der Waals surface area contributed by atoms with Gasteiger partial charge in [-0.05, 0) is 63.1 Å². The molecule has 5 heteroatoms. The summed E-state index contributed by atoms with van der Waals surface area (Å²) in [5.41, 5.74) is 2.79. The van der Waals surface area contributed by atoms with E-state index < -0.39 is 0 Å². The van der Waals surface area contributed by atoms with E-state index in [0.29, 0.717) is 0 Å². The molecule has 3 rings (SSSR count). The quantitative estimate of drug-likeness (QED) is 0.622. The SMILES string of the molecule is Cc1ccc(NC(=O)C(C)Sc2ccc(NC(=O)C3CCCCC3)cc2)cc1. The van der Waals surface area contributed by atoms with E-state index >= 15 is 0 Å². The zero-order valence-electron chi connectivity index (χ0n) is 16.5. The van der Waals surface area contributed by atoms with Crippen molar-refractivity contribution in [3.63, 3.8) is 0 Å². The van der Waals surface area contributed by atoms with Crippen molar-refractivity contribution < 1.29 is 9.59 Å². The fourth-order valence-corrected chi connectivity index (χ4v) is 4.23. The van der Waals surface area contributed by atoms with Gasteiger partial charge in [0.05, 0.1) is 5.25 Å². The fraction of sp³-hybridized carbons (Fsp3) is 0.391. The fourth-order valence-electron chi connectivity index (χ4n) is 3.36. The van der Waals surface area contributed by atoms with Gasteiger partial charge in [0, 0.05) is 22.2 Å². The maximum Gasteiger partial charge on any atom is 0.237 e. The molecule has 1 unspecified atom stereocenters. The Bertz CT molecular complexity index is 796. The van der Waals surface area contributed by atoms with Crippen molar-refractivity contribution in [2.75, 3.05) is 10.6 Å². The van der Waals surface area contributed by atoms with Gasteiger partial charge in [-0.1, -0.05) is 37.0 Å². The summed E-state index contributed by atoms with van der Waals surface area (Å²) in [6.45, 7) is 3.91. The van der Waals surface area contributed by atoms with Crippen molar-refractivity contribution in [2.45, 2.75) is 56.1 Å². The topological polar surface area (TPSA) is 58.2 Å². The Labute approximate surface area is 171 Å². The number of carbonyl (C=O) groups excluding carboxylic acids is 2. The summed E-state index contributed by atoms with van der Waals surface area (Å²) in [4.78, 5) is 25.7. The van der Waals surface area contributed by atoms with Crippen LogP contribution in [0.1, 0.15) is 44.6 Å². The van der Waals surface area contributed by atoms with Gasteiger partial charge in [0.2, 0.25) is 11.8 Å². The van der Waals surface area contributed by atoms with Gasteiger partial charge in [0.25, 0.3) is 0 Å². The lowest BCUT2D eigenvalue weighted by Gasteiger charge is -2.20. The highest BCUT2D eigenvalue weighted by molar-refractivity contribution is 8.00. The molecule has 1 fully saturated rings. The average Bonchev–Trinajstić information content (AvgIpc) is 2.71. The van der Waals surface area contributed by atoms with Crippen LogP contribution in [0.3, 0.4) is 0 Å². The lowest BCUT2D eigenvalue weighted by atomic mass is 9.88. The lowest BCUT2D eigenvalue weighted by molar-refractivity contribution is -0.120. The first kappa shape index (κ1) is 20.5. The molecule has 1 aliphatic rings. The molecule has 0 heterocycles. The van der Waals surface area contributed by atoms with Gasteiger partial charge in [0.1, 0.15) is 0 Å². The van der Waals surface area contributed by atoms with E-state index in [4.69, 9.17) is 0 Å². The van der Waals surface area contributed by atoms with E-state index in [2.05, 4.69) is 10.6 Å². The molecular formula is C23H28N2O2S. The molecule has 0 saturated heterocycles. The van der Waals surface area contributed by atoms with Gasteiger partial charge in [-0.25, -0.2) is 0 Å². The molecule has 28 heavy (non-hydrogen) atoms. The smallest absolute Gasteiger partial charge is 0.237 e. The van der Waals surface area contributed by atoms with Crippen LogP contribution >= 0.6 is 11.8 Å². The molecular weight excluding hydrogens is 368 g/mol. The third-order valence-electron chi connectivity index (χ3n) is 5.10. The molecule has 1 aliphatic carbocycles. The number of aryl methyl sites for hydroxylation is 1. The first-order valence-electron chi connectivity index (χ1n) is 9.96. The average molecular weight is 397 g/mol. The predicted octanol–water partition coefficient (Wildman–Crippen LogP) is 5.63. The van der Waals surface area contributed by atoms with Crippen molar-refractivity contribution in [1.82, 2.24) is 0 Å². The first-order valence-corrected chi connectivity index (χ1v) is 10.8. The minimum atomic E-state index is -0.219. The van der Waals surface area contributed by atoms with E-state index in [1.54, 1.807) is 0 Å². The van der Waals surface area contributed by atoms with Crippen molar-refractivity contribution >= 4 is 35.0 Å². The summed E-state index contributed by atoms with van der Waals surface area (Å²) in [5, 5.41) is 5.75. The van der Waals surface area contributed by atoms with E-state index in [1.165, 1.54) is 18.2 Å². The summed E-state index contributed by atoms with van der Waals surface area (Å²) in [6, 6.07) is 15.5. The molecule has 2 amide bonds. The second-order valence-electron chi connectivity index (χ2n) is 7.46. The van der Waals surface area contributed by atoms with Gasteiger partial charge < -0.3 is 10.6 Å². The zero-order valence-corrected chi connectivity index (χ0v) is 17.4. The molecule has 0 aromatic heterocycles. The molecule has 4 nitrogen and oxygen atoms in total. The predicted molar refractivity (Wildman–Crippen MR) is 117 cm³/mol. The molecule has 2 aromatic carbocycles. The molecule has 1 saturated carbocycles. The maximum atomic E-state index is 12.4. The van der Waals surface area contributed by atoms with E-state index in [-0.39, 0.29) is 23.0 Å². The lowest BCUT2D eigenvalue weighted by Crippen LogP contribution is -2.24. The minimum Gasteiger partial charge on any atom is -0.326 e. The second kappa shape index (κ2) is 9.78. The number of hydrogen-bond donors (Lipinski definition) is 2. The van der Waals surface area contributed by atoms with Crippen LogP contribution in [-0.2, 0) is 9.59 Å². The Kier molecular flexibility index (Phi) is 7.15. The highest BCUT2D eigenvalue weighted by Crippen LogP contribution is 2.27. The number of rotatable bonds is 6. The third-order valence-corrected chi connectivity index (χ3v) is 6.21. The minimum absolute atomic E-state index is 0.0245. The molecule has 0 bridgehead atoms. The van der Waals surface area contributed by atoms with Crippen molar-refractivity contribution in [3.8, 4) is 0 Å². The van der Waals surface area contributed by atoms with Crippen molar-refractivity contribution in [2.24, 2.45) is 5.92 Å². The number of benzene rings is 2. The monoisotopic (exact) mass is 396 g/mol. The Morgan fingerprint density at radius 2 is 1.46 bits per heavy atom. The first-order chi connectivity index (χ1) is 13.5. The van der Waals surface area contributed by atoms with Gasteiger partial charge in [-0.15, -0.1) is 11.8 Å². The molecule has 148 valence electrons. The second-order valence-corrected chi connectivity index (χ2v) is 8.88. The van der Waals surface area contributed by atoms with Gasteiger partial charge >= 0.3 is 0 Å². The number of amides is 2. The Balaban J connectivity index is 1.50. The van der Waals surface area contributed by atoms with Crippen LogP contribution in [-0.4, -0.2) is 17.1 Å². The molecule has 2 aromatic rings. The maximum absolute atomic E-state index is 12.4. The van der Waals surface area contributed by atoms with Crippen LogP contribution in [0.25, 0.3) is 0 Å². The van der Waals surface area contributed by atoms with E-state index in [0.717, 1.165) is 47.5 Å². The number of thioether (sulfide) groups is 1. The summed E-state index contributed by atoms with van der Waals surface area (Å²) in [6.07, 6.45) is 5.53. The van der Waals surface area contributed by atoms with Crippen LogP contribution in [0.4, 0.5) is 11.4 Å². The van der Waals surface area contributed by atoms with Crippen molar-refractivity contribution in [1.29, 1.82) is 0 Å². The Hall–Kier alpha value is -2.27. The molecule has 2 N–H and O–H groups in total. The van der Waals surface area contributed by atoms with Gasteiger partial charge in [-0.2, -0.15) is 0 Å². The van der Waals surface area contributed by atoms with E-state index in [1.807, 2.05) is 62.4 Å². The third kappa shape index (κ3) is 5.86. The number of carbonyl (C=O) groups is 2.